The predicted molar refractivity (Wildman–Crippen MR) is 67.9 cm³/mol. The quantitative estimate of drug-likeness (QED) is 0.706. The molecule has 0 amide bonds. The minimum atomic E-state index is 1.11. The summed E-state index contributed by atoms with van der Waals surface area (Å²) in [6.45, 7) is 4.16. The monoisotopic (exact) mass is 259 g/mol. The lowest BCUT2D eigenvalue weighted by atomic mass is 10.0. The van der Waals surface area contributed by atoms with Crippen LogP contribution in [0.1, 0.15) is 11.1 Å². The van der Waals surface area contributed by atoms with Gasteiger partial charge in [0, 0.05) is 4.47 Å². The van der Waals surface area contributed by atoms with Crippen LogP contribution >= 0.6 is 15.9 Å². The Labute approximate surface area is 99.1 Å². The van der Waals surface area contributed by atoms with Gasteiger partial charge >= 0.3 is 0 Å². The highest BCUT2D eigenvalue weighted by Gasteiger charge is 1.99. The summed E-state index contributed by atoms with van der Waals surface area (Å²) in [6, 6.07) is 16.0. The van der Waals surface area contributed by atoms with Gasteiger partial charge in [0.25, 0.3) is 0 Å². The summed E-state index contributed by atoms with van der Waals surface area (Å²) < 4.78 is 1.11. The molecule has 0 nitrogen and oxygen atoms in total. The molecule has 0 heterocycles. The van der Waals surface area contributed by atoms with E-state index in [4.69, 9.17) is 0 Å². The molecule has 0 unspecified atom stereocenters. The molecule has 1 heteroatoms. The van der Waals surface area contributed by atoms with Gasteiger partial charge in [-0.3, -0.25) is 0 Å². The van der Waals surface area contributed by atoms with E-state index < -0.39 is 0 Å². The van der Waals surface area contributed by atoms with Crippen molar-refractivity contribution in [3.8, 4) is 11.1 Å². The average Bonchev–Trinajstić information content (AvgIpc) is 2.17. The van der Waals surface area contributed by atoms with E-state index in [1.54, 1.807) is 0 Å². The third-order valence-electron chi connectivity index (χ3n) is 2.32. The molecule has 2 rings (SSSR count). The first kappa shape index (κ1) is 10.4. The van der Waals surface area contributed by atoms with Crippen molar-refractivity contribution in [2.45, 2.75) is 13.8 Å². The van der Waals surface area contributed by atoms with Crippen LogP contribution in [0.25, 0.3) is 11.1 Å². The molecule has 0 aliphatic carbocycles. The molecule has 15 heavy (non-hydrogen) atoms. The van der Waals surface area contributed by atoms with Crippen molar-refractivity contribution in [1.82, 2.24) is 0 Å². The second kappa shape index (κ2) is 4.19. The zero-order valence-electron chi connectivity index (χ0n) is 8.84. The van der Waals surface area contributed by atoms with Crippen LogP contribution in [0.4, 0.5) is 0 Å². The van der Waals surface area contributed by atoms with Crippen LogP contribution in [-0.2, 0) is 0 Å². The zero-order valence-corrected chi connectivity index (χ0v) is 10.4. The van der Waals surface area contributed by atoms with E-state index in [-0.39, 0.29) is 0 Å². The highest BCUT2D eigenvalue weighted by atomic mass is 79.9. The summed E-state index contributed by atoms with van der Waals surface area (Å²) in [5.74, 6) is 0. The van der Waals surface area contributed by atoms with Crippen LogP contribution in [0, 0.1) is 19.9 Å². The molecule has 0 fully saturated rings. The minimum absolute atomic E-state index is 1.11. The lowest BCUT2D eigenvalue weighted by Crippen LogP contribution is -1.82. The molecular formula is C14H12Br. The first-order chi connectivity index (χ1) is 7.15. The van der Waals surface area contributed by atoms with Crippen LogP contribution in [-0.4, -0.2) is 0 Å². The van der Waals surface area contributed by atoms with Crippen LogP contribution in [0.15, 0.2) is 40.9 Å². The third-order valence-corrected chi connectivity index (χ3v) is 2.84. The first-order valence-corrected chi connectivity index (χ1v) is 5.71. The average molecular weight is 260 g/mol. The first-order valence-electron chi connectivity index (χ1n) is 4.92. The number of halogens is 1. The molecule has 0 saturated carbocycles. The lowest BCUT2D eigenvalue weighted by molar-refractivity contribution is 1.37. The Morgan fingerprint density at radius 2 is 1.40 bits per heavy atom. The fraction of sp³-hybridized carbons (Fsp3) is 0.143. The Kier molecular flexibility index (Phi) is 2.92. The molecule has 0 aromatic heterocycles. The van der Waals surface area contributed by atoms with Crippen LogP contribution < -0.4 is 0 Å². The number of hydrogen-bond acceptors (Lipinski definition) is 0. The molecule has 2 aromatic carbocycles. The van der Waals surface area contributed by atoms with Crippen molar-refractivity contribution in [2.24, 2.45) is 0 Å². The summed E-state index contributed by atoms with van der Waals surface area (Å²) in [5, 5.41) is 0. The van der Waals surface area contributed by atoms with Gasteiger partial charge in [-0.2, -0.15) is 0 Å². The van der Waals surface area contributed by atoms with E-state index in [1.807, 2.05) is 0 Å². The molecule has 0 atom stereocenters. The van der Waals surface area contributed by atoms with Crippen molar-refractivity contribution in [2.75, 3.05) is 0 Å². The van der Waals surface area contributed by atoms with Gasteiger partial charge in [0.2, 0.25) is 0 Å². The van der Waals surface area contributed by atoms with Gasteiger partial charge in [-0.05, 0) is 54.3 Å². The molecule has 2 aromatic rings. The van der Waals surface area contributed by atoms with Crippen molar-refractivity contribution < 1.29 is 0 Å². The number of hydrogen-bond donors (Lipinski definition) is 0. The second-order valence-corrected chi connectivity index (χ2v) is 4.66. The lowest BCUT2D eigenvalue weighted by Gasteiger charge is -2.04. The zero-order chi connectivity index (χ0) is 10.8. The van der Waals surface area contributed by atoms with E-state index >= 15 is 0 Å². The maximum Gasteiger partial charge on any atom is 0.0175 e. The minimum Gasteiger partial charge on any atom is -0.0533 e. The van der Waals surface area contributed by atoms with E-state index in [1.165, 1.54) is 22.3 Å². The van der Waals surface area contributed by atoms with Crippen molar-refractivity contribution in [1.29, 1.82) is 0 Å². The Hall–Kier alpha value is -1.08. The van der Waals surface area contributed by atoms with Crippen molar-refractivity contribution >= 4 is 15.9 Å². The fourth-order valence-electron chi connectivity index (χ4n) is 1.70. The molecule has 0 N–H and O–H groups in total. The molecule has 1 radical (unpaired) electrons. The molecule has 0 saturated heterocycles. The smallest absolute Gasteiger partial charge is 0.0175 e. The molecule has 0 bridgehead atoms. The number of rotatable bonds is 1. The molecular weight excluding hydrogens is 248 g/mol. The topological polar surface area (TPSA) is 0 Å². The van der Waals surface area contributed by atoms with Crippen LogP contribution in [0.3, 0.4) is 0 Å². The highest BCUT2D eigenvalue weighted by Crippen LogP contribution is 2.23. The summed E-state index contributed by atoms with van der Waals surface area (Å²) in [4.78, 5) is 0. The van der Waals surface area contributed by atoms with Gasteiger partial charge in [0.05, 0.1) is 0 Å². The summed E-state index contributed by atoms with van der Waals surface area (Å²) in [7, 11) is 0. The molecule has 0 aliphatic heterocycles. The van der Waals surface area contributed by atoms with Gasteiger partial charge < -0.3 is 0 Å². The van der Waals surface area contributed by atoms with E-state index in [2.05, 4.69) is 72.2 Å². The fourth-order valence-corrected chi connectivity index (χ4v) is 1.96. The highest BCUT2D eigenvalue weighted by molar-refractivity contribution is 9.10. The molecule has 0 spiro atoms. The summed E-state index contributed by atoms with van der Waals surface area (Å²) >= 11 is 3.44. The van der Waals surface area contributed by atoms with E-state index in [9.17, 15) is 0 Å². The predicted octanol–water partition coefficient (Wildman–Crippen LogP) is 4.53. The van der Waals surface area contributed by atoms with Crippen molar-refractivity contribution in [3.05, 3.63) is 58.1 Å². The molecule has 0 aliphatic rings. The van der Waals surface area contributed by atoms with E-state index in [0.717, 1.165) is 4.47 Å². The largest absolute Gasteiger partial charge is 0.0533 e. The molecule has 75 valence electrons. The SMILES string of the molecule is Cc1[c]c(C)cc(-c2ccc(Br)cc2)c1. The van der Waals surface area contributed by atoms with Gasteiger partial charge in [-0.1, -0.05) is 40.2 Å². The maximum atomic E-state index is 3.44. The van der Waals surface area contributed by atoms with E-state index in [0.29, 0.717) is 0 Å². The summed E-state index contributed by atoms with van der Waals surface area (Å²) in [5.41, 5.74) is 4.88. The van der Waals surface area contributed by atoms with Gasteiger partial charge in [-0.15, -0.1) is 0 Å². The van der Waals surface area contributed by atoms with Gasteiger partial charge in [0.1, 0.15) is 0 Å². The number of benzene rings is 2. The Bertz CT molecular complexity index is 449. The van der Waals surface area contributed by atoms with Crippen LogP contribution in [0.2, 0.25) is 0 Å². The van der Waals surface area contributed by atoms with Crippen molar-refractivity contribution in [3.63, 3.8) is 0 Å². The van der Waals surface area contributed by atoms with Gasteiger partial charge in [-0.25, -0.2) is 0 Å². The van der Waals surface area contributed by atoms with Gasteiger partial charge in [0.15, 0.2) is 0 Å². The maximum absolute atomic E-state index is 3.44. The Morgan fingerprint density at radius 1 is 0.867 bits per heavy atom. The Balaban J connectivity index is 2.49. The normalized spacial score (nSPS) is 10.3. The van der Waals surface area contributed by atoms with Crippen LogP contribution in [0.5, 0.6) is 0 Å². The standard InChI is InChI=1S/C14H12Br/c1-10-7-11(2)9-13(8-10)12-3-5-14(15)6-4-12/h3-6,8-9H,1-2H3. The Morgan fingerprint density at radius 3 is 1.93 bits per heavy atom. The second-order valence-electron chi connectivity index (χ2n) is 3.74. The summed E-state index contributed by atoms with van der Waals surface area (Å²) in [6.07, 6.45) is 0. The number of aryl methyl sites for hydroxylation is 2. The third kappa shape index (κ3) is 2.48.